The summed E-state index contributed by atoms with van der Waals surface area (Å²) in [5, 5.41) is 3.06. The minimum absolute atomic E-state index is 0.0102. The van der Waals surface area contributed by atoms with E-state index in [-0.39, 0.29) is 21.6 Å². The molecule has 1 N–H and O–H groups in total. The van der Waals surface area contributed by atoms with Gasteiger partial charge in [0.2, 0.25) is 21.7 Å². The van der Waals surface area contributed by atoms with Gasteiger partial charge in [-0.15, -0.1) is 0 Å². The second-order valence-corrected chi connectivity index (χ2v) is 12.7. The minimum atomic E-state index is -3.54. The summed E-state index contributed by atoms with van der Waals surface area (Å²) in [6.07, 6.45) is 3.72. The van der Waals surface area contributed by atoms with Gasteiger partial charge in [-0.25, -0.2) is 8.42 Å². The fourth-order valence-electron chi connectivity index (χ4n) is 5.49. The highest BCUT2D eigenvalue weighted by atomic mass is 32.2. The molecule has 2 heterocycles. The molecule has 2 aliphatic heterocycles. The Morgan fingerprint density at radius 1 is 0.973 bits per heavy atom. The molecule has 2 saturated heterocycles. The van der Waals surface area contributed by atoms with Crippen LogP contribution >= 0.6 is 0 Å². The Labute approximate surface area is 221 Å². The molecule has 7 nitrogen and oxygen atoms in total. The zero-order chi connectivity index (χ0) is 26.6. The molecule has 0 unspecified atom stereocenters. The van der Waals surface area contributed by atoms with Crippen LogP contribution in [0.1, 0.15) is 58.4 Å². The van der Waals surface area contributed by atoms with Gasteiger partial charge in [-0.3, -0.25) is 14.5 Å². The van der Waals surface area contributed by atoms with Crippen LogP contribution in [-0.4, -0.2) is 61.2 Å². The molecular weight excluding hydrogens is 486 g/mol. The predicted octanol–water partition coefficient (Wildman–Crippen LogP) is 4.03. The Balaban J connectivity index is 1.43. The average molecular weight is 526 g/mol. The molecule has 8 heteroatoms. The smallest absolute Gasteiger partial charge is 0.246 e. The minimum Gasteiger partial charge on any atom is -0.342 e. The van der Waals surface area contributed by atoms with Crippen LogP contribution in [0.25, 0.3) is 0 Å². The number of carbonyl (C=O) groups is 2. The third-order valence-corrected chi connectivity index (χ3v) is 9.41. The number of unbranched alkanes of at least 4 members (excludes halogenated alkanes) is 1. The molecular formula is C29H39N3O4S. The third kappa shape index (κ3) is 5.75. The second-order valence-electron chi connectivity index (χ2n) is 10.8. The van der Waals surface area contributed by atoms with Crippen molar-refractivity contribution in [2.75, 3.05) is 19.6 Å². The number of carbonyl (C=O) groups excluding carboxylic acids is 2. The molecule has 37 heavy (non-hydrogen) atoms. The molecule has 0 saturated carbocycles. The standard InChI is InChI=1S/C29H39N3O4S/c1-4-5-17-32-27(33)26(20-22(2)3)30-28(34)29(32)15-18-31(19-16-29)21-23-11-13-25(14-12-23)37(35,36)24-9-7-6-8-10-24/h6-14,22,26H,4-5,15-21H2,1-3H3,(H,30,34)/t26-/m0/s1. The first-order valence-electron chi connectivity index (χ1n) is 13.4. The van der Waals surface area contributed by atoms with Gasteiger partial charge >= 0.3 is 0 Å². The fraction of sp³-hybridized carbons (Fsp3) is 0.517. The number of amides is 2. The lowest BCUT2D eigenvalue weighted by molar-refractivity contribution is -0.161. The number of sulfone groups is 1. The molecule has 2 fully saturated rings. The largest absolute Gasteiger partial charge is 0.342 e. The van der Waals surface area contributed by atoms with Crippen LogP contribution in [-0.2, 0) is 26.0 Å². The van der Waals surface area contributed by atoms with Crippen LogP contribution in [0.5, 0.6) is 0 Å². The molecule has 0 radical (unpaired) electrons. The van der Waals surface area contributed by atoms with E-state index in [4.69, 9.17) is 0 Å². The number of piperidine rings is 1. The molecule has 2 amide bonds. The third-order valence-electron chi connectivity index (χ3n) is 7.63. The van der Waals surface area contributed by atoms with E-state index in [0.717, 1.165) is 18.4 Å². The molecule has 0 aromatic heterocycles. The van der Waals surface area contributed by atoms with E-state index in [1.165, 1.54) is 0 Å². The monoisotopic (exact) mass is 525 g/mol. The van der Waals surface area contributed by atoms with Crippen molar-refractivity contribution in [2.24, 2.45) is 5.92 Å². The van der Waals surface area contributed by atoms with Crippen LogP contribution in [0.3, 0.4) is 0 Å². The van der Waals surface area contributed by atoms with Gasteiger partial charge < -0.3 is 10.2 Å². The lowest BCUT2D eigenvalue weighted by atomic mass is 9.80. The highest BCUT2D eigenvalue weighted by Crippen LogP contribution is 2.35. The van der Waals surface area contributed by atoms with E-state index in [0.29, 0.717) is 51.4 Å². The molecule has 1 spiro atoms. The average Bonchev–Trinajstić information content (AvgIpc) is 2.89. The Hall–Kier alpha value is -2.71. The van der Waals surface area contributed by atoms with Gasteiger partial charge in [0.15, 0.2) is 0 Å². The van der Waals surface area contributed by atoms with Crippen LogP contribution in [0.4, 0.5) is 0 Å². The second kappa shape index (κ2) is 11.4. The summed E-state index contributed by atoms with van der Waals surface area (Å²) in [5.74, 6) is 0.377. The number of nitrogens with one attached hydrogen (secondary N) is 1. The highest BCUT2D eigenvalue weighted by molar-refractivity contribution is 7.91. The van der Waals surface area contributed by atoms with E-state index in [1.807, 2.05) is 17.0 Å². The van der Waals surface area contributed by atoms with Gasteiger partial charge in [-0.1, -0.05) is 57.5 Å². The maximum Gasteiger partial charge on any atom is 0.246 e. The number of piperazine rings is 1. The van der Waals surface area contributed by atoms with Crippen LogP contribution < -0.4 is 5.32 Å². The van der Waals surface area contributed by atoms with Crippen molar-refractivity contribution in [3.05, 3.63) is 60.2 Å². The van der Waals surface area contributed by atoms with Crippen molar-refractivity contribution in [3.8, 4) is 0 Å². The fourth-order valence-corrected chi connectivity index (χ4v) is 6.78. The van der Waals surface area contributed by atoms with Crippen molar-refractivity contribution in [1.29, 1.82) is 0 Å². The summed E-state index contributed by atoms with van der Waals surface area (Å²) in [4.78, 5) is 31.6. The molecule has 2 aromatic rings. The first kappa shape index (κ1) is 27.3. The number of hydrogen-bond acceptors (Lipinski definition) is 5. The Kier molecular flexibility index (Phi) is 8.39. The Bertz CT molecular complexity index is 1190. The Morgan fingerprint density at radius 3 is 2.19 bits per heavy atom. The summed E-state index contributed by atoms with van der Waals surface area (Å²) < 4.78 is 25.7. The predicted molar refractivity (Wildman–Crippen MR) is 144 cm³/mol. The van der Waals surface area contributed by atoms with Crippen molar-refractivity contribution < 1.29 is 18.0 Å². The summed E-state index contributed by atoms with van der Waals surface area (Å²) in [7, 11) is -3.54. The van der Waals surface area contributed by atoms with Crippen LogP contribution in [0.15, 0.2) is 64.4 Å². The SMILES string of the molecule is CCCCN1C(=O)[C@H](CC(C)C)NC(=O)C12CCN(Cc1ccc(S(=O)(=O)c3ccccc3)cc1)CC2. The van der Waals surface area contributed by atoms with Gasteiger partial charge in [-0.2, -0.15) is 0 Å². The maximum absolute atomic E-state index is 13.4. The van der Waals surface area contributed by atoms with E-state index in [1.54, 1.807) is 42.5 Å². The Morgan fingerprint density at radius 2 is 1.59 bits per heavy atom. The van der Waals surface area contributed by atoms with Crippen molar-refractivity contribution in [3.63, 3.8) is 0 Å². The highest BCUT2D eigenvalue weighted by Gasteiger charge is 2.53. The number of benzene rings is 2. The molecule has 2 aromatic carbocycles. The summed E-state index contributed by atoms with van der Waals surface area (Å²) in [6, 6.07) is 15.1. The van der Waals surface area contributed by atoms with E-state index in [2.05, 4.69) is 31.0 Å². The topological polar surface area (TPSA) is 86.8 Å². The maximum atomic E-state index is 13.4. The van der Waals surface area contributed by atoms with Crippen molar-refractivity contribution in [2.45, 2.75) is 80.8 Å². The first-order valence-corrected chi connectivity index (χ1v) is 14.9. The number of nitrogens with zero attached hydrogens (tertiary/aromatic N) is 2. The van der Waals surface area contributed by atoms with Crippen LogP contribution in [0.2, 0.25) is 0 Å². The quantitative estimate of drug-likeness (QED) is 0.534. The van der Waals surface area contributed by atoms with Gasteiger partial charge in [0.05, 0.1) is 9.79 Å². The van der Waals surface area contributed by atoms with Gasteiger partial charge in [0.1, 0.15) is 11.6 Å². The van der Waals surface area contributed by atoms with Crippen molar-refractivity contribution in [1.82, 2.24) is 15.1 Å². The van der Waals surface area contributed by atoms with Gasteiger partial charge in [-0.05, 0) is 61.4 Å². The molecule has 4 rings (SSSR count). The lowest BCUT2D eigenvalue weighted by Crippen LogP contribution is -2.73. The molecule has 200 valence electrons. The number of likely N-dealkylation sites (tertiary alicyclic amines) is 1. The van der Waals surface area contributed by atoms with Crippen molar-refractivity contribution >= 4 is 21.7 Å². The zero-order valence-corrected chi connectivity index (χ0v) is 23.0. The van der Waals surface area contributed by atoms with Gasteiger partial charge in [0.25, 0.3) is 0 Å². The van der Waals surface area contributed by atoms with Gasteiger partial charge in [0, 0.05) is 26.2 Å². The zero-order valence-electron chi connectivity index (χ0n) is 22.2. The van der Waals surface area contributed by atoms with Crippen LogP contribution in [0, 0.1) is 5.92 Å². The summed E-state index contributed by atoms with van der Waals surface area (Å²) in [5.41, 5.74) is 0.246. The first-order chi connectivity index (χ1) is 17.7. The molecule has 0 bridgehead atoms. The van der Waals surface area contributed by atoms with E-state index >= 15 is 0 Å². The van der Waals surface area contributed by atoms with E-state index in [9.17, 15) is 18.0 Å². The summed E-state index contributed by atoms with van der Waals surface area (Å²) in [6.45, 7) is 8.93. The number of hydrogen-bond donors (Lipinski definition) is 1. The normalized spacial score (nSPS) is 20.4. The summed E-state index contributed by atoms with van der Waals surface area (Å²) >= 11 is 0. The number of rotatable bonds is 9. The van der Waals surface area contributed by atoms with E-state index < -0.39 is 21.4 Å². The molecule has 1 atom stereocenters. The lowest BCUT2D eigenvalue weighted by Gasteiger charge is -2.52. The molecule has 0 aliphatic carbocycles. The molecule has 2 aliphatic rings.